The molecule has 1 saturated carbocycles. The van der Waals surface area contributed by atoms with Crippen molar-refractivity contribution in [2.45, 2.75) is 46.1 Å². The van der Waals surface area contributed by atoms with Gasteiger partial charge >= 0.3 is 0 Å². The molecule has 4 heteroatoms. The molecule has 1 fully saturated rings. The SMILES string of the molecule is CCCn1ncc(OC)c1C(=O)C1CCCC1C. The van der Waals surface area contributed by atoms with E-state index in [-0.39, 0.29) is 11.7 Å². The van der Waals surface area contributed by atoms with E-state index in [9.17, 15) is 4.79 Å². The minimum absolute atomic E-state index is 0.145. The maximum Gasteiger partial charge on any atom is 0.188 e. The highest BCUT2D eigenvalue weighted by Crippen LogP contribution is 2.35. The Hall–Kier alpha value is -1.32. The predicted molar refractivity (Wildman–Crippen MR) is 69.9 cm³/mol. The van der Waals surface area contributed by atoms with Gasteiger partial charge < -0.3 is 4.74 Å². The fourth-order valence-corrected chi connectivity index (χ4v) is 2.86. The highest BCUT2D eigenvalue weighted by Gasteiger charge is 2.33. The summed E-state index contributed by atoms with van der Waals surface area (Å²) in [6.45, 7) is 5.02. The Bertz CT molecular complexity index is 425. The molecule has 1 aromatic heterocycles. The van der Waals surface area contributed by atoms with Gasteiger partial charge in [-0.1, -0.05) is 20.3 Å². The van der Waals surface area contributed by atoms with Crippen molar-refractivity contribution in [3.8, 4) is 5.75 Å². The number of carbonyl (C=O) groups is 1. The van der Waals surface area contributed by atoms with Crippen molar-refractivity contribution in [1.82, 2.24) is 9.78 Å². The summed E-state index contributed by atoms with van der Waals surface area (Å²) >= 11 is 0. The lowest BCUT2D eigenvalue weighted by atomic mass is 9.91. The number of methoxy groups -OCH3 is 1. The minimum Gasteiger partial charge on any atom is -0.493 e. The van der Waals surface area contributed by atoms with Crippen LogP contribution in [0.3, 0.4) is 0 Å². The van der Waals surface area contributed by atoms with Crippen LogP contribution >= 0.6 is 0 Å². The number of hydrogen-bond acceptors (Lipinski definition) is 3. The summed E-state index contributed by atoms with van der Waals surface area (Å²) in [7, 11) is 1.60. The summed E-state index contributed by atoms with van der Waals surface area (Å²) in [5.74, 6) is 1.45. The van der Waals surface area contributed by atoms with Gasteiger partial charge in [0.1, 0.15) is 5.69 Å². The van der Waals surface area contributed by atoms with Crippen molar-refractivity contribution in [2.75, 3.05) is 7.11 Å². The van der Waals surface area contributed by atoms with Crippen molar-refractivity contribution in [3.05, 3.63) is 11.9 Å². The highest BCUT2D eigenvalue weighted by atomic mass is 16.5. The number of rotatable bonds is 5. The number of hydrogen-bond donors (Lipinski definition) is 0. The first-order chi connectivity index (χ1) is 8.69. The molecular formula is C14H22N2O2. The first-order valence-electron chi connectivity index (χ1n) is 6.83. The summed E-state index contributed by atoms with van der Waals surface area (Å²) in [4.78, 5) is 12.7. The molecule has 2 unspecified atom stereocenters. The first kappa shape index (κ1) is 13.1. The zero-order valence-electron chi connectivity index (χ0n) is 11.5. The zero-order valence-corrected chi connectivity index (χ0v) is 11.5. The van der Waals surface area contributed by atoms with Crippen LogP contribution in [0.5, 0.6) is 5.75 Å². The van der Waals surface area contributed by atoms with Gasteiger partial charge in [-0.2, -0.15) is 5.10 Å². The third-order valence-electron chi connectivity index (χ3n) is 3.89. The molecule has 18 heavy (non-hydrogen) atoms. The lowest BCUT2D eigenvalue weighted by Gasteiger charge is -2.15. The van der Waals surface area contributed by atoms with E-state index < -0.39 is 0 Å². The molecule has 2 atom stereocenters. The van der Waals surface area contributed by atoms with Gasteiger partial charge in [0.25, 0.3) is 0 Å². The normalized spacial score (nSPS) is 23.3. The Balaban J connectivity index is 2.30. The van der Waals surface area contributed by atoms with Crippen molar-refractivity contribution in [3.63, 3.8) is 0 Å². The first-order valence-corrected chi connectivity index (χ1v) is 6.83. The number of nitrogens with zero attached hydrogens (tertiary/aromatic N) is 2. The van der Waals surface area contributed by atoms with Crippen LogP contribution in [0.15, 0.2) is 6.20 Å². The van der Waals surface area contributed by atoms with Crippen molar-refractivity contribution < 1.29 is 9.53 Å². The molecule has 0 aliphatic heterocycles. The average molecular weight is 250 g/mol. The van der Waals surface area contributed by atoms with Gasteiger partial charge in [0.15, 0.2) is 11.5 Å². The van der Waals surface area contributed by atoms with Crippen LogP contribution in [0.1, 0.15) is 50.0 Å². The van der Waals surface area contributed by atoms with Gasteiger partial charge in [-0.15, -0.1) is 0 Å². The van der Waals surface area contributed by atoms with Crippen LogP contribution < -0.4 is 4.74 Å². The lowest BCUT2D eigenvalue weighted by Crippen LogP contribution is -2.21. The molecule has 1 aliphatic rings. The molecule has 0 amide bonds. The molecule has 100 valence electrons. The van der Waals surface area contributed by atoms with E-state index in [0.29, 0.717) is 17.4 Å². The lowest BCUT2D eigenvalue weighted by molar-refractivity contribution is 0.0882. The van der Waals surface area contributed by atoms with E-state index in [0.717, 1.165) is 32.2 Å². The maximum absolute atomic E-state index is 12.7. The minimum atomic E-state index is 0.145. The summed E-state index contributed by atoms with van der Waals surface area (Å²) < 4.78 is 7.08. The van der Waals surface area contributed by atoms with E-state index in [4.69, 9.17) is 4.74 Å². The van der Waals surface area contributed by atoms with Crippen molar-refractivity contribution >= 4 is 5.78 Å². The smallest absolute Gasteiger partial charge is 0.188 e. The molecule has 1 aliphatic carbocycles. The van der Waals surface area contributed by atoms with Crippen LogP contribution in [0.25, 0.3) is 0 Å². The Morgan fingerprint density at radius 3 is 2.89 bits per heavy atom. The Morgan fingerprint density at radius 2 is 2.33 bits per heavy atom. The molecule has 0 spiro atoms. The van der Waals surface area contributed by atoms with E-state index in [1.807, 2.05) is 0 Å². The fourth-order valence-electron chi connectivity index (χ4n) is 2.86. The Morgan fingerprint density at radius 1 is 1.56 bits per heavy atom. The van der Waals surface area contributed by atoms with E-state index in [2.05, 4.69) is 18.9 Å². The molecular weight excluding hydrogens is 228 g/mol. The van der Waals surface area contributed by atoms with Gasteiger partial charge in [0.05, 0.1) is 13.3 Å². The topological polar surface area (TPSA) is 44.1 Å². The predicted octanol–water partition coefficient (Wildman–Crippen LogP) is 2.92. The maximum atomic E-state index is 12.7. The molecule has 0 N–H and O–H groups in total. The van der Waals surface area contributed by atoms with Crippen LogP contribution in [0, 0.1) is 11.8 Å². The Labute approximate surface area is 108 Å². The number of aromatic nitrogens is 2. The van der Waals surface area contributed by atoms with Crippen LogP contribution in [-0.4, -0.2) is 22.7 Å². The molecule has 4 nitrogen and oxygen atoms in total. The number of carbonyl (C=O) groups excluding carboxylic acids is 1. The van der Waals surface area contributed by atoms with E-state index in [1.54, 1.807) is 18.0 Å². The molecule has 1 aromatic rings. The van der Waals surface area contributed by atoms with E-state index in [1.165, 1.54) is 0 Å². The average Bonchev–Trinajstić information content (AvgIpc) is 2.95. The second-order valence-corrected chi connectivity index (χ2v) is 5.16. The summed E-state index contributed by atoms with van der Waals surface area (Å²) in [5, 5.41) is 4.27. The fraction of sp³-hybridized carbons (Fsp3) is 0.714. The van der Waals surface area contributed by atoms with Gasteiger partial charge in [0, 0.05) is 12.5 Å². The highest BCUT2D eigenvalue weighted by molar-refractivity contribution is 5.99. The third kappa shape index (κ3) is 2.28. The van der Waals surface area contributed by atoms with Gasteiger partial charge in [0.2, 0.25) is 0 Å². The van der Waals surface area contributed by atoms with Gasteiger partial charge in [-0.05, 0) is 25.2 Å². The zero-order chi connectivity index (χ0) is 13.1. The second-order valence-electron chi connectivity index (χ2n) is 5.16. The van der Waals surface area contributed by atoms with Crippen LogP contribution in [0.2, 0.25) is 0 Å². The molecule has 0 aromatic carbocycles. The monoisotopic (exact) mass is 250 g/mol. The van der Waals surface area contributed by atoms with Crippen molar-refractivity contribution in [1.29, 1.82) is 0 Å². The second kappa shape index (κ2) is 5.55. The van der Waals surface area contributed by atoms with Crippen LogP contribution in [-0.2, 0) is 6.54 Å². The molecule has 1 heterocycles. The van der Waals surface area contributed by atoms with Gasteiger partial charge in [-0.25, -0.2) is 0 Å². The van der Waals surface area contributed by atoms with E-state index >= 15 is 0 Å². The standard InChI is InChI=1S/C14H22N2O2/c1-4-8-16-13(12(18-3)9-15-16)14(17)11-7-5-6-10(11)2/h9-11H,4-8H2,1-3H3. The molecule has 0 radical (unpaired) electrons. The molecule has 2 rings (SSSR count). The number of aryl methyl sites for hydroxylation is 1. The number of ketones is 1. The van der Waals surface area contributed by atoms with Gasteiger partial charge in [-0.3, -0.25) is 9.48 Å². The summed E-state index contributed by atoms with van der Waals surface area (Å²) in [6.07, 6.45) is 5.93. The Kier molecular flexibility index (Phi) is 4.04. The van der Waals surface area contributed by atoms with Crippen LogP contribution in [0.4, 0.5) is 0 Å². The molecule has 0 bridgehead atoms. The molecule has 0 saturated heterocycles. The largest absolute Gasteiger partial charge is 0.493 e. The third-order valence-corrected chi connectivity index (χ3v) is 3.89. The number of ether oxygens (including phenoxy) is 1. The van der Waals surface area contributed by atoms with Crippen molar-refractivity contribution in [2.24, 2.45) is 11.8 Å². The number of Topliss-reactive ketones (excluding diaryl/α,β-unsaturated/α-hetero) is 1. The quantitative estimate of drug-likeness (QED) is 0.755. The summed E-state index contributed by atoms with van der Waals surface area (Å²) in [6, 6.07) is 0. The summed E-state index contributed by atoms with van der Waals surface area (Å²) in [5.41, 5.74) is 0.665.